The largest absolute Gasteiger partial charge is 0.495 e. The zero-order valence-electron chi connectivity index (χ0n) is 20.9. The molecule has 190 valence electrons. The molecule has 0 amide bonds. The summed E-state index contributed by atoms with van der Waals surface area (Å²) in [7, 11) is 1.63. The van der Waals surface area contributed by atoms with Crippen LogP contribution in [0.25, 0.3) is 11.8 Å². The highest BCUT2D eigenvalue weighted by molar-refractivity contribution is 5.97. The van der Waals surface area contributed by atoms with Gasteiger partial charge < -0.3 is 19.0 Å². The molecule has 0 bridgehead atoms. The summed E-state index contributed by atoms with van der Waals surface area (Å²) in [5.74, 6) is 0.500. The van der Waals surface area contributed by atoms with Gasteiger partial charge in [0.15, 0.2) is 5.84 Å². The standard InChI is InChI=1S/C29H28F2N4O2/c1-20-17-34(19-32-20)26-14-8-21(16-27(26)36-3)9-15-28-33-37-29(2,23-10-12-24(30)13-11-23)35(28)18-22-6-4-5-7-25(22)31/h4-17,19,22,25H,18H2,1-3H3/b15-9+. The Morgan fingerprint density at radius 2 is 1.89 bits per heavy atom. The van der Waals surface area contributed by atoms with Crippen molar-refractivity contribution in [3.63, 3.8) is 0 Å². The third-order valence-electron chi connectivity index (χ3n) is 6.67. The molecule has 2 aromatic carbocycles. The predicted octanol–water partition coefficient (Wildman–Crippen LogP) is 5.94. The van der Waals surface area contributed by atoms with E-state index in [9.17, 15) is 8.78 Å². The number of hydrogen-bond acceptors (Lipinski definition) is 5. The number of rotatable bonds is 7. The highest BCUT2D eigenvalue weighted by Crippen LogP contribution is 2.37. The summed E-state index contributed by atoms with van der Waals surface area (Å²) >= 11 is 0. The topological polar surface area (TPSA) is 51.9 Å². The van der Waals surface area contributed by atoms with Crippen LogP contribution >= 0.6 is 0 Å². The maximum Gasteiger partial charge on any atom is 0.234 e. The van der Waals surface area contributed by atoms with Crippen LogP contribution in [0.1, 0.15) is 23.7 Å². The molecule has 2 heterocycles. The maximum atomic E-state index is 14.7. The van der Waals surface area contributed by atoms with Crippen molar-refractivity contribution in [3.05, 3.63) is 108 Å². The number of imidazole rings is 1. The number of alkyl halides is 1. The van der Waals surface area contributed by atoms with Gasteiger partial charge in [-0.05, 0) is 42.8 Å². The van der Waals surface area contributed by atoms with Crippen molar-refractivity contribution in [1.29, 1.82) is 0 Å². The number of allylic oxidation sites excluding steroid dienone is 3. The van der Waals surface area contributed by atoms with E-state index in [1.54, 1.807) is 37.7 Å². The molecule has 0 saturated carbocycles. The maximum absolute atomic E-state index is 14.7. The van der Waals surface area contributed by atoms with Crippen molar-refractivity contribution < 1.29 is 18.4 Å². The van der Waals surface area contributed by atoms with Gasteiger partial charge in [-0.2, -0.15) is 0 Å². The van der Waals surface area contributed by atoms with E-state index in [4.69, 9.17) is 9.57 Å². The lowest BCUT2D eigenvalue weighted by molar-refractivity contribution is -0.0942. The third kappa shape index (κ3) is 4.91. The molecule has 0 fully saturated rings. The van der Waals surface area contributed by atoms with Gasteiger partial charge in [0, 0.05) is 31.1 Å². The Morgan fingerprint density at radius 1 is 1.11 bits per heavy atom. The van der Waals surface area contributed by atoms with E-state index < -0.39 is 11.9 Å². The number of hydrogen-bond donors (Lipinski definition) is 0. The molecule has 1 aromatic heterocycles. The lowest BCUT2D eigenvalue weighted by Crippen LogP contribution is -2.47. The van der Waals surface area contributed by atoms with E-state index in [0.29, 0.717) is 23.7 Å². The predicted molar refractivity (Wildman–Crippen MR) is 140 cm³/mol. The van der Waals surface area contributed by atoms with Crippen molar-refractivity contribution in [2.24, 2.45) is 11.1 Å². The van der Waals surface area contributed by atoms with Gasteiger partial charge in [0.05, 0.1) is 24.8 Å². The van der Waals surface area contributed by atoms with Crippen LogP contribution in [0, 0.1) is 18.7 Å². The Hall–Kier alpha value is -4.20. The fraction of sp³-hybridized carbons (Fsp3) is 0.241. The second-order valence-electron chi connectivity index (χ2n) is 9.21. The van der Waals surface area contributed by atoms with Gasteiger partial charge in [-0.1, -0.05) is 53.7 Å². The van der Waals surface area contributed by atoms with Crippen LogP contribution in [-0.2, 0) is 10.6 Å². The number of benzene rings is 2. The first-order valence-electron chi connectivity index (χ1n) is 12.0. The summed E-state index contributed by atoms with van der Waals surface area (Å²) in [6.07, 6.45) is 13.2. The second-order valence-corrected chi connectivity index (χ2v) is 9.21. The number of ether oxygens (including phenoxy) is 1. The first kappa shape index (κ1) is 24.5. The van der Waals surface area contributed by atoms with Crippen molar-refractivity contribution in [3.8, 4) is 11.4 Å². The van der Waals surface area contributed by atoms with Gasteiger partial charge in [-0.3, -0.25) is 0 Å². The van der Waals surface area contributed by atoms with Gasteiger partial charge in [0.2, 0.25) is 5.72 Å². The summed E-state index contributed by atoms with van der Waals surface area (Å²) in [6.45, 7) is 4.10. The number of methoxy groups -OCH3 is 1. The minimum atomic E-state index is -1.13. The molecule has 0 N–H and O–H groups in total. The number of oxime groups is 1. The highest BCUT2D eigenvalue weighted by Gasteiger charge is 2.44. The van der Waals surface area contributed by atoms with Gasteiger partial charge in [-0.15, -0.1) is 0 Å². The number of amidine groups is 1. The number of nitrogens with zero attached hydrogens (tertiary/aromatic N) is 4. The third-order valence-corrected chi connectivity index (χ3v) is 6.67. The van der Waals surface area contributed by atoms with Gasteiger partial charge >= 0.3 is 0 Å². The van der Waals surface area contributed by atoms with Crippen LogP contribution in [0.5, 0.6) is 5.75 Å². The summed E-state index contributed by atoms with van der Waals surface area (Å²) in [5, 5.41) is 4.34. The van der Waals surface area contributed by atoms with E-state index in [0.717, 1.165) is 16.9 Å². The normalized spacial score (nSPS) is 22.9. The van der Waals surface area contributed by atoms with Crippen molar-refractivity contribution in [2.45, 2.75) is 25.7 Å². The summed E-state index contributed by atoms with van der Waals surface area (Å²) in [6, 6.07) is 11.9. The Bertz CT molecular complexity index is 1390. The van der Waals surface area contributed by atoms with Gasteiger partial charge in [0.1, 0.15) is 17.7 Å². The molecule has 0 saturated heterocycles. The van der Waals surface area contributed by atoms with Crippen LogP contribution in [0.15, 0.2) is 90.5 Å². The Balaban J connectivity index is 1.44. The van der Waals surface area contributed by atoms with E-state index in [2.05, 4.69) is 10.1 Å². The first-order valence-corrected chi connectivity index (χ1v) is 12.0. The quantitative estimate of drug-likeness (QED) is 0.401. The molecular formula is C29H28F2N4O2. The van der Waals surface area contributed by atoms with E-state index >= 15 is 0 Å². The van der Waals surface area contributed by atoms with Crippen LogP contribution < -0.4 is 4.74 Å². The molecule has 37 heavy (non-hydrogen) atoms. The molecule has 8 heteroatoms. The lowest BCUT2D eigenvalue weighted by Gasteiger charge is -2.36. The number of aryl methyl sites for hydroxylation is 1. The average Bonchev–Trinajstić information content (AvgIpc) is 3.48. The average molecular weight is 503 g/mol. The molecular weight excluding hydrogens is 474 g/mol. The van der Waals surface area contributed by atoms with Crippen LogP contribution in [0.4, 0.5) is 8.78 Å². The van der Waals surface area contributed by atoms with E-state index in [-0.39, 0.29) is 11.7 Å². The molecule has 1 aliphatic carbocycles. The highest BCUT2D eigenvalue weighted by atomic mass is 19.1. The zero-order chi connectivity index (χ0) is 26.0. The Morgan fingerprint density at radius 3 is 2.59 bits per heavy atom. The van der Waals surface area contributed by atoms with Crippen molar-refractivity contribution >= 4 is 11.9 Å². The van der Waals surface area contributed by atoms with Crippen molar-refractivity contribution in [2.75, 3.05) is 13.7 Å². The minimum Gasteiger partial charge on any atom is -0.495 e. The number of halogens is 2. The molecule has 3 unspecified atom stereocenters. The fourth-order valence-electron chi connectivity index (χ4n) is 4.54. The zero-order valence-corrected chi connectivity index (χ0v) is 20.9. The second kappa shape index (κ2) is 10.0. The monoisotopic (exact) mass is 502 g/mol. The van der Waals surface area contributed by atoms with Crippen LogP contribution in [0.3, 0.4) is 0 Å². The lowest BCUT2D eigenvalue weighted by atomic mass is 9.95. The van der Waals surface area contributed by atoms with Crippen LogP contribution in [-0.4, -0.2) is 40.1 Å². The Labute approximate surface area is 214 Å². The summed E-state index contributed by atoms with van der Waals surface area (Å²) in [5.41, 5.74) is 2.36. The summed E-state index contributed by atoms with van der Waals surface area (Å²) in [4.78, 5) is 12.1. The molecule has 1 aliphatic heterocycles. The smallest absolute Gasteiger partial charge is 0.234 e. The molecule has 3 atom stereocenters. The molecule has 2 aliphatic rings. The fourth-order valence-corrected chi connectivity index (χ4v) is 4.54. The van der Waals surface area contributed by atoms with Gasteiger partial charge in [-0.25, -0.2) is 13.8 Å². The minimum absolute atomic E-state index is 0.321. The van der Waals surface area contributed by atoms with Crippen LogP contribution in [0.2, 0.25) is 0 Å². The van der Waals surface area contributed by atoms with Crippen molar-refractivity contribution in [1.82, 2.24) is 14.5 Å². The SMILES string of the molecule is COc1cc(/C=C/C2=NOC(C)(c3ccc(F)cc3)N2CC2C=CC=CC2F)ccc1-n1cnc(C)c1. The Kier molecular flexibility index (Phi) is 6.65. The molecule has 0 spiro atoms. The molecule has 0 radical (unpaired) electrons. The van der Waals surface area contributed by atoms with E-state index in [1.807, 2.05) is 72.0 Å². The first-order chi connectivity index (χ1) is 17.9. The summed E-state index contributed by atoms with van der Waals surface area (Å²) < 4.78 is 35.9. The molecule has 3 aromatic rings. The number of aromatic nitrogens is 2. The van der Waals surface area contributed by atoms with E-state index in [1.165, 1.54) is 12.1 Å². The molecule has 5 rings (SSSR count). The molecule has 6 nitrogen and oxygen atoms in total. The van der Waals surface area contributed by atoms with Gasteiger partial charge in [0.25, 0.3) is 0 Å².